The lowest BCUT2D eigenvalue weighted by atomic mass is 10.2. The second-order valence-electron chi connectivity index (χ2n) is 6.39. The Hall–Kier alpha value is -2.02. The molecular formula is C20H20ClN3O2S. The Morgan fingerprint density at radius 2 is 1.93 bits per heavy atom. The first kappa shape index (κ1) is 18.3. The zero-order valence-corrected chi connectivity index (χ0v) is 16.5. The number of methoxy groups -OCH3 is 1. The Morgan fingerprint density at radius 1 is 1.15 bits per heavy atom. The fourth-order valence-corrected chi connectivity index (χ4v) is 4.21. The highest BCUT2D eigenvalue weighted by Gasteiger charge is 2.20. The first-order valence-corrected chi connectivity index (χ1v) is 10.2. The predicted molar refractivity (Wildman–Crippen MR) is 108 cm³/mol. The molecule has 3 aromatic rings. The summed E-state index contributed by atoms with van der Waals surface area (Å²) in [4.78, 5) is 0. The van der Waals surface area contributed by atoms with Crippen molar-refractivity contribution in [1.29, 1.82) is 0 Å². The molecule has 140 valence electrons. The van der Waals surface area contributed by atoms with Gasteiger partial charge in [0.1, 0.15) is 5.75 Å². The second kappa shape index (κ2) is 8.33. The predicted octanol–water partition coefficient (Wildman–Crippen LogP) is 4.72. The topological polar surface area (TPSA) is 49.2 Å². The van der Waals surface area contributed by atoms with Crippen LogP contribution in [0.5, 0.6) is 5.75 Å². The minimum atomic E-state index is 0.565. The summed E-state index contributed by atoms with van der Waals surface area (Å²) in [6.07, 6.45) is 1.10. The molecule has 1 saturated heterocycles. The lowest BCUT2D eigenvalue weighted by Gasteiger charge is -2.12. The van der Waals surface area contributed by atoms with E-state index in [1.165, 1.54) is 0 Å². The number of rotatable bonds is 6. The van der Waals surface area contributed by atoms with Crippen LogP contribution >= 0.6 is 23.4 Å². The van der Waals surface area contributed by atoms with Crippen LogP contribution in [-0.4, -0.2) is 40.8 Å². The molecule has 5 nitrogen and oxygen atoms in total. The Kier molecular flexibility index (Phi) is 5.66. The smallest absolute Gasteiger partial charge is 0.196 e. The number of thioether (sulfide) groups is 1. The molecule has 0 amide bonds. The summed E-state index contributed by atoms with van der Waals surface area (Å²) in [7, 11) is 1.66. The average Bonchev–Trinajstić information content (AvgIpc) is 3.37. The molecule has 0 radical (unpaired) electrons. The van der Waals surface area contributed by atoms with Gasteiger partial charge in [0, 0.05) is 28.6 Å². The van der Waals surface area contributed by atoms with Crippen LogP contribution in [0.1, 0.15) is 6.42 Å². The van der Waals surface area contributed by atoms with Crippen LogP contribution in [0.4, 0.5) is 0 Å². The maximum atomic E-state index is 6.08. The Balaban J connectivity index is 1.70. The molecule has 2 heterocycles. The van der Waals surface area contributed by atoms with Crippen molar-refractivity contribution in [2.45, 2.75) is 11.6 Å². The number of hydrogen-bond acceptors (Lipinski definition) is 5. The molecule has 0 saturated carbocycles. The van der Waals surface area contributed by atoms with E-state index in [2.05, 4.69) is 14.8 Å². The number of halogens is 1. The minimum Gasteiger partial charge on any atom is -0.497 e. The van der Waals surface area contributed by atoms with Gasteiger partial charge in [-0.15, -0.1) is 10.2 Å². The van der Waals surface area contributed by atoms with Gasteiger partial charge in [-0.2, -0.15) is 0 Å². The third kappa shape index (κ3) is 4.13. The molecule has 1 aliphatic heterocycles. The van der Waals surface area contributed by atoms with Gasteiger partial charge in [0.25, 0.3) is 0 Å². The molecule has 0 N–H and O–H groups in total. The summed E-state index contributed by atoms with van der Waals surface area (Å²) >= 11 is 7.79. The molecule has 1 unspecified atom stereocenters. The van der Waals surface area contributed by atoms with Crippen molar-refractivity contribution in [2.24, 2.45) is 5.92 Å². The number of nitrogens with zero attached hydrogens (tertiary/aromatic N) is 3. The van der Waals surface area contributed by atoms with Crippen LogP contribution < -0.4 is 4.74 Å². The molecule has 0 spiro atoms. The summed E-state index contributed by atoms with van der Waals surface area (Å²) in [6.45, 7) is 1.68. The van der Waals surface area contributed by atoms with Crippen molar-refractivity contribution in [1.82, 2.24) is 14.8 Å². The van der Waals surface area contributed by atoms with E-state index >= 15 is 0 Å². The van der Waals surface area contributed by atoms with Crippen LogP contribution in [0.2, 0.25) is 5.02 Å². The van der Waals surface area contributed by atoms with E-state index in [0.29, 0.717) is 10.9 Å². The molecule has 0 aliphatic carbocycles. The van der Waals surface area contributed by atoms with Gasteiger partial charge in [0.2, 0.25) is 0 Å². The van der Waals surface area contributed by atoms with E-state index in [0.717, 1.165) is 53.4 Å². The number of ether oxygens (including phenoxy) is 2. The lowest BCUT2D eigenvalue weighted by Crippen LogP contribution is -2.05. The summed E-state index contributed by atoms with van der Waals surface area (Å²) in [5.74, 6) is 3.14. The lowest BCUT2D eigenvalue weighted by molar-refractivity contribution is 0.189. The zero-order chi connectivity index (χ0) is 18.6. The highest BCUT2D eigenvalue weighted by molar-refractivity contribution is 7.99. The third-order valence-electron chi connectivity index (χ3n) is 4.54. The van der Waals surface area contributed by atoms with E-state index in [-0.39, 0.29) is 0 Å². The van der Waals surface area contributed by atoms with Crippen LogP contribution in [0.3, 0.4) is 0 Å². The molecule has 4 rings (SSSR count). The molecule has 1 aromatic heterocycles. The van der Waals surface area contributed by atoms with Crippen molar-refractivity contribution in [3.63, 3.8) is 0 Å². The van der Waals surface area contributed by atoms with Gasteiger partial charge in [-0.25, -0.2) is 0 Å². The molecule has 2 aromatic carbocycles. The maximum absolute atomic E-state index is 6.08. The number of hydrogen-bond donors (Lipinski definition) is 0. The van der Waals surface area contributed by atoms with Crippen LogP contribution in [0.25, 0.3) is 17.1 Å². The summed E-state index contributed by atoms with van der Waals surface area (Å²) in [5, 5.41) is 10.5. The maximum Gasteiger partial charge on any atom is 0.196 e. The van der Waals surface area contributed by atoms with Gasteiger partial charge in [0.05, 0.1) is 13.7 Å². The minimum absolute atomic E-state index is 0.565. The Morgan fingerprint density at radius 3 is 2.59 bits per heavy atom. The quantitative estimate of drug-likeness (QED) is 0.559. The van der Waals surface area contributed by atoms with Gasteiger partial charge in [-0.05, 0) is 60.9 Å². The van der Waals surface area contributed by atoms with Crippen molar-refractivity contribution in [2.75, 3.05) is 26.1 Å². The molecule has 7 heteroatoms. The van der Waals surface area contributed by atoms with Crippen LogP contribution in [0.15, 0.2) is 53.7 Å². The normalized spacial score (nSPS) is 16.6. The summed E-state index contributed by atoms with van der Waals surface area (Å²) in [5.41, 5.74) is 1.97. The van der Waals surface area contributed by atoms with Crippen molar-refractivity contribution >= 4 is 23.4 Å². The van der Waals surface area contributed by atoms with E-state index in [1.54, 1.807) is 18.9 Å². The molecule has 1 aliphatic rings. The largest absolute Gasteiger partial charge is 0.497 e. The average molecular weight is 402 g/mol. The third-order valence-corrected chi connectivity index (χ3v) is 5.95. The SMILES string of the molecule is COc1ccc(-c2nnc(SCC3CCOC3)n2-c2ccc(Cl)cc2)cc1. The number of benzene rings is 2. The van der Waals surface area contributed by atoms with Gasteiger partial charge in [-0.1, -0.05) is 23.4 Å². The van der Waals surface area contributed by atoms with Crippen LogP contribution in [-0.2, 0) is 4.74 Å². The Labute approximate surface area is 167 Å². The first-order chi connectivity index (χ1) is 13.2. The molecule has 1 atom stereocenters. The summed E-state index contributed by atoms with van der Waals surface area (Å²) < 4.78 is 12.8. The van der Waals surface area contributed by atoms with E-state index in [4.69, 9.17) is 21.1 Å². The molecule has 1 fully saturated rings. The molecule has 0 bridgehead atoms. The van der Waals surface area contributed by atoms with E-state index in [1.807, 2.05) is 48.5 Å². The fourth-order valence-electron chi connectivity index (χ4n) is 3.02. The highest BCUT2D eigenvalue weighted by Crippen LogP contribution is 2.31. The van der Waals surface area contributed by atoms with Gasteiger partial charge in [-0.3, -0.25) is 4.57 Å². The second-order valence-corrected chi connectivity index (χ2v) is 7.81. The van der Waals surface area contributed by atoms with E-state index < -0.39 is 0 Å². The highest BCUT2D eigenvalue weighted by atomic mass is 35.5. The van der Waals surface area contributed by atoms with Gasteiger partial charge in [0.15, 0.2) is 11.0 Å². The van der Waals surface area contributed by atoms with Crippen molar-refractivity contribution < 1.29 is 9.47 Å². The van der Waals surface area contributed by atoms with Gasteiger partial charge >= 0.3 is 0 Å². The zero-order valence-electron chi connectivity index (χ0n) is 15.0. The monoisotopic (exact) mass is 401 g/mol. The van der Waals surface area contributed by atoms with Crippen molar-refractivity contribution in [3.05, 3.63) is 53.6 Å². The summed E-state index contributed by atoms with van der Waals surface area (Å²) in [6, 6.07) is 15.6. The first-order valence-electron chi connectivity index (χ1n) is 8.81. The molecule has 27 heavy (non-hydrogen) atoms. The number of aromatic nitrogens is 3. The fraction of sp³-hybridized carbons (Fsp3) is 0.300. The van der Waals surface area contributed by atoms with E-state index in [9.17, 15) is 0 Å². The standard InChI is InChI=1S/C20H20ClN3O2S/c1-25-18-8-2-15(3-9-18)19-22-23-20(27-13-14-10-11-26-12-14)24(19)17-6-4-16(21)5-7-17/h2-9,14H,10-13H2,1H3. The Bertz CT molecular complexity index is 891. The molecular weight excluding hydrogens is 382 g/mol. The van der Waals surface area contributed by atoms with Crippen LogP contribution in [0, 0.1) is 5.92 Å². The van der Waals surface area contributed by atoms with Crippen molar-refractivity contribution in [3.8, 4) is 22.8 Å². The van der Waals surface area contributed by atoms with Gasteiger partial charge < -0.3 is 9.47 Å².